The quantitative estimate of drug-likeness (QED) is 0.686. The molecule has 0 fully saturated rings. The Morgan fingerprint density at radius 2 is 2.10 bits per heavy atom. The maximum atomic E-state index is 12.2. The number of amides is 1. The predicted molar refractivity (Wildman–Crippen MR) is 79.1 cm³/mol. The zero-order chi connectivity index (χ0) is 14.5. The van der Waals surface area contributed by atoms with Crippen LogP contribution in [0.15, 0.2) is 6.07 Å². The lowest BCUT2D eigenvalue weighted by molar-refractivity contribution is -0.144. The Labute approximate surface area is 123 Å². The molecule has 0 saturated heterocycles. The lowest BCUT2D eigenvalue weighted by atomic mass is 10.1. The second-order valence-corrected chi connectivity index (χ2v) is 6.20. The SMILES string of the molecule is CCOC(=O)C(C)NC(=O)c1cc2c(s1)CCCCC2. The third-order valence-electron chi connectivity index (χ3n) is 3.46. The molecular formula is C15H21NO3S. The van der Waals surface area contributed by atoms with Crippen molar-refractivity contribution in [2.24, 2.45) is 0 Å². The maximum absolute atomic E-state index is 12.2. The summed E-state index contributed by atoms with van der Waals surface area (Å²) in [5.74, 6) is -0.567. The van der Waals surface area contributed by atoms with Crippen LogP contribution < -0.4 is 5.32 Å². The van der Waals surface area contributed by atoms with Gasteiger partial charge in [-0.3, -0.25) is 4.79 Å². The Kier molecular flexibility index (Phi) is 5.17. The standard InChI is InChI=1S/C15H21NO3S/c1-3-19-15(18)10(2)16-14(17)13-9-11-7-5-4-6-8-12(11)20-13/h9-10H,3-8H2,1-2H3,(H,16,17). The van der Waals surface area contributed by atoms with Crippen molar-refractivity contribution in [3.63, 3.8) is 0 Å². The van der Waals surface area contributed by atoms with Crippen LogP contribution in [0.1, 0.15) is 53.2 Å². The van der Waals surface area contributed by atoms with Crippen molar-refractivity contribution in [2.75, 3.05) is 6.61 Å². The average molecular weight is 295 g/mol. The molecule has 0 saturated carbocycles. The molecule has 0 aliphatic heterocycles. The molecule has 4 nitrogen and oxygen atoms in total. The first kappa shape index (κ1) is 15.0. The number of nitrogens with one attached hydrogen (secondary N) is 1. The Morgan fingerprint density at radius 3 is 2.85 bits per heavy atom. The minimum absolute atomic E-state index is 0.177. The summed E-state index contributed by atoms with van der Waals surface area (Å²) >= 11 is 1.56. The van der Waals surface area contributed by atoms with Crippen LogP contribution in [0.3, 0.4) is 0 Å². The van der Waals surface area contributed by atoms with Crippen molar-refractivity contribution < 1.29 is 14.3 Å². The zero-order valence-corrected chi connectivity index (χ0v) is 12.8. The molecule has 1 aliphatic carbocycles. The summed E-state index contributed by atoms with van der Waals surface area (Å²) in [5, 5.41) is 2.70. The first-order chi connectivity index (χ1) is 9.61. The first-order valence-corrected chi connectivity index (χ1v) is 8.02. The van der Waals surface area contributed by atoms with Crippen LogP contribution in [0, 0.1) is 0 Å². The van der Waals surface area contributed by atoms with E-state index < -0.39 is 6.04 Å². The van der Waals surface area contributed by atoms with Gasteiger partial charge in [0.15, 0.2) is 0 Å². The summed E-state index contributed by atoms with van der Waals surface area (Å²) < 4.78 is 4.89. The van der Waals surface area contributed by atoms with E-state index in [0.29, 0.717) is 11.5 Å². The Balaban J connectivity index is 2.01. The van der Waals surface area contributed by atoms with E-state index in [1.54, 1.807) is 25.2 Å². The number of hydrogen-bond acceptors (Lipinski definition) is 4. The molecule has 1 N–H and O–H groups in total. The van der Waals surface area contributed by atoms with Gasteiger partial charge in [0, 0.05) is 4.88 Å². The summed E-state index contributed by atoms with van der Waals surface area (Å²) in [6.45, 7) is 3.73. The van der Waals surface area contributed by atoms with Gasteiger partial charge in [-0.2, -0.15) is 0 Å². The summed E-state index contributed by atoms with van der Waals surface area (Å²) in [5.41, 5.74) is 1.31. The summed E-state index contributed by atoms with van der Waals surface area (Å²) in [6, 6.07) is 1.38. The fourth-order valence-electron chi connectivity index (χ4n) is 2.37. The number of rotatable bonds is 4. The van der Waals surface area contributed by atoms with Crippen molar-refractivity contribution >= 4 is 23.2 Å². The first-order valence-electron chi connectivity index (χ1n) is 7.21. The van der Waals surface area contributed by atoms with Crippen LogP contribution >= 0.6 is 11.3 Å². The molecule has 1 heterocycles. The van der Waals surface area contributed by atoms with Crippen molar-refractivity contribution in [1.82, 2.24) is 5.32 Å². The van der Waals surface area contributed by atoms with Crippen molar-refractivity contribution in [3.8, 4) is 0 Å². The second-order valence-electron chi connectivity index (χ2n) is 5.07. The fourth-order valence-corrected chi connectivity index (χ4v) is 3.53. The minimum Gasteiger partial charge on any atom is -0.464 e. The van der Waals surface area contributed by atoms with E-state index in [4.69, 9.17) is 4.74 Å². The highest BCUT2D eigenvalue weighted by Gasteiger charge is 2.20. The third kappa shape index (κ3) is 3.60. The molecule has 1 amide bonds. The number of aryl methyl sites for hydroxylation is 2. The fraction of sp³-hybridized carbons (Fsp3) is 0.600. The molecule has 0 aromatic carbocycles. The molecule has 5 heteroatoms. The van der Waals surface area contributed by atoms with E-state index in [1.807, 2.05) is 6.07 Å². The number of carbonyl (C=O) groups excluding carboxylic acids is 2. The van der Waals surface area contributed by atoms with Crippen LogP contribution in [0.2, 0.25) is 0 Å². The lowest BCUT2D eigenvalue weighted by Gasteiger charge is -2.11. The molecule has 20 heavy (non-hydrogen) atoms. The largest absolute Gasteiger partial charge is 0.464 e. The van der Waals surface area contributed by atoms with Gasteiger partial charge >= 0.3 is 5.97 Å². The Hall–Kier alpha value is -1.36. The average Bonchev–Trinajstić information content (AvgIpc) is 2.70. The molecule has 1 unspecified atom stereocenters. The van der Waals surface area contributed by atoms with Crippen LogP contribution in [0.4, 0.5) is 0 Å². The number of fused-ring (bicyclic) bond motifs is 1. The Morgan fingerprint density at radius 1 is 1.35 bits per heavy atom. The summed E-state index contributed by atoms with van der Waals surface area (Å²) in [7, 11) is 0. The zero-order valence-electron chi connectivity index (χ0n) is 12.0. The number of thiophene rings is 1. The molecule has 1 aromatic rings. The minimum atomic E-state index is -0.607. The van der Waals surface area contributed by atoms with Gasteiger partial charge in [0.1, 0.15) is 6.04 Å². The molecule has 0 radical (unpaired) electrons. The maximum Gasteiger partial charge on any atom is 0.328 e. The monoisotopic (exact) mass is 295 g/mol. The van der Waals surface area contributed by atoms with Crippen LogP contribution in [0.5, 0.6) is 0 Å². The van der Waals surface area contributed by atoms with E-state index in [2.05, 4.69) is 5.32 Å². The van der Waals surface area contributed by atoms with Gasteiger partial charge in [-0.1, -0.05) is 6.42 Å². The molecule has 110 valence electrons. The molecule has 1 aromatic heterocycles. The van der Waals surface area contributed by atoms with Crippen molar-refractivity contribution in [2.45, 2.75) is 52.0 Å². The normalized spacial score (nSPS) is 15.9. The number of ether oxygens (including phenoxy) is 1. The van der Waals surface area contributed by atoms with Crippen LogP contribution in [-0.2, 0) is 22.4 Å². The molecule has 2 rings (SSSR count). The number of hydrogen-bond donors (Lipinski definition) is 1. The van der Waals surface area contributed by atoms with Gasteiger partial charge in [0.25, 0.3) is 5.91 Å². The summed E-state index contributed by atoms with van der Waals surface area (Å²) in [4.78, 5) is 25.7. The van der Waals surface area contributed by atoms with Gasteiger partial charge < -0.3 is 10.1 Å². The third-order valence-corrected chi connectivity index (χ3v) is 4.69. The van der Waals surface area contributed by atoms with E-state index in [9.17, 15) is 9.59 Å². The topological polar surface area (TPSA) is 55.4 Å². The lowest BCUT2D eigenvalue weighted by Crippen LogP contribution is -2.39. The molecular weight excluding hydrogens is 274 g/mol. The van der Waals surface area contributed by atoms with Gasteiger partial charge in [0.2, 0.25) is 0 Å². The second kappa shape index (κ2) is 6.88. The summed E-state index contributed by atoms with van der Waals surface area (Å²) in [6.07, 6.45) is 5.80. The molecule has 1 aliphatic rings. The van der Waals surface area contributed by atoms with Gasteiger partial charge in [-0.25, -0.2) is 4.79 Å². The highest BCUT2D eigenvalue weighted by atomic mass is 32.1. The smallest absolute Gasteiger partial charge is 0.328 e. The number of esters is 1. The number of carbonyl (C=O) groups is 2. The van der Waals surface area contributed by atoms with Crippen LogP contribution in [-0.4, -0.2) is 24.5 Å². The molecule has 0 bridgehead atoms. The van der Waals surface area contributed by atoms with E-state index in [0.717, 1.165) is 12.8 Å². The molecule has 0 spiro atoms. The molecule has 1 atom stereocenters. The van der Waals surface area contributed by atoms with Gasteiger partial charge in [-0.05, 0) is 51.2 Å². The van der Waals surface area contributed by atoms with Crippen LogP contribution in [0.25, 0.3) is 0 Å². The van der Waals surface area contributed by atoms with E-state index in [-0.39, 0.29) is 11.9 Å². The Bertz CT molecular complexity index is 472. The highest BCUT2D eigenvalue weighted by molar-refractivity contribution is 7.14. The predicted octanol–water partition coefficient (Wildman–Crippen LogP) is 2.70. The van der Waals surface area contributed by atoms with Crippen molar-refractivity contribution in [1.29, 1.82) is 0 Å². The van der Waals surface area contributed by atoms with E-state index >= 15 is 0 Å². The van der Waals surface area contributed by atoms with Gasteiger partial charge in [-0.15, -0.1) is 11.3 Å². The van der Waals surface area contributed by atoms with Crippen molar-refractivity contribution in [3.05, 3.63) is 21.4 Å². The van der Waals surface area contributed by atoms with Gasteiger partial charge in [0.05, 0.1) is 11.5 Å². The van der Waals surface area contributed by atoms with E-state index in [1.165, 1.54) is 29.7 Å². The highest BCUT2D eigenvalue weighted by Crippen LogP contribution is 2.28.